The summed E-state index contributed by atoms with van der Waals surface area (Å²) in [6.45, 7) is 8.40. The van der Waals surface area contributed by atoms with Crippen LogP contribution in [0.2, 0.25) is 0 Å². The van der Waals surface area contributed by atoms with Crippen LogP contribution in [-0.4, -0.2) is 52.6 Å². The van der Waals surface area contributed by atoms with Gasteiger partial charge in [-0.05, 0) is 48.7 Å². The summed E-state index contributed by atoms with van der Waals surface area (Å²) in [5, 5.41) is 10.5. The largest absolute Gasteiger partial charge is 0.387 e. The quantitative estimate of drug-likeness (QED) is 0.906. The number of aliphatic hydroxyl groups excluding tert-OH is 1. The molecular weight excluding hydrogens is 317 g/mol. The van der Waals surface area contributed by atoms with Crippen molar-refractivity contribution in [1.29, 1.82) is 0 Å². The van der Waals surface area contributed by atoms with Crippen LogP contribution >= 0.6 is 0 Å². The summed E-state index contributed by atoms with van der Waals surface area (Å²) in [6, 6.07) is 9.02. The highest BCUT2D eigenvalue weighted by Gasteiger charge is 2.24. The minimum Gasteiger partial charge on any atom is -0.387 e. The Morgan fingerprint density at radius 2 is 1.96 bits per heavy atom. The van der Waals surface area contributed by atoms with E-state index < -0.39 is 6.10 Å². The molecule has 1 aliphatic rings. The van der Waals surface area contributed by atoms with Gasteiger partial charge in [0.05, 0.1) is 6.10 Å². The molecule has 2 unspecified atom stereocenters. The average molecular weight is 343 g/mol. The molecule has 0 radical (unpaired) electrons. The first-order valence-electron chi connectivity index (χ1n) is 8.85. The first-order chi connectivity index (χ1) is 12.0. The van der Waals surface area contributed by atoms with Gasteiger partial charge in [-0.3, -0.25) is 14.8 Å². The molecule has 0 saturated carbocycles. The van der Waals surface area contributed by atoms with Gasteiger partial charge in [0.1, 0.15) is 5.82 Å². The number of nitrogens with zero attached hydrogens (tertiary/aromatic N) is 3. The normalized spacial score (nSPS) is 18.9. The summed E-state index contributed by atoms with van der Waals surface area (Å²) < 4.78 is 13.2. The van der Waals surface area contributed by atoms with Crippen LogP contribution in [0.25, 0.3) is 0 Å². The Morgan fingerprint density at radius 1 is 1.20 bits per heavy atom. The maximum Gasteiger partial charge on any atom is 0.123 e. The average Bonchev–Trinajstić information content (AvgIpc) is 2.62. The van der Waals surface area contributed by atoms with E-state index in [1.807, 2.05) is 19.2 Å². The van der Waals surface area contributed by atoms with Gasteiger partial charge in [0.15, 0.2) is 0 Å². The number of benzene rings is 1. The maximum absolute atomic E-state index is 13.2. The zero-order valence-corrected chi connectivity index (χ0v) is 14.9. The summed E-state index contributed by atoms with van der Waals surface area (Å²) in [5.41, 5.74) is 2.85. The van der Waals surface area contributed by atoms with E-state index in [2.05, 4.69) is 27.8 Å². The van der Waals surface area contributed by atoms with E-state index in [1.54, 1.807) is 12.3 Å². The van der Waals surface area contributed by atoms with E-state index in [9.17, 15) is 9.50 Å². The first kappa shape index (κ1) is 18.0. The van der Waals surface area contributed by atoms with Crippen molar-refractivity contribution in [3.8, 4) is 0 Å². The summed E-state index contributed by atoms with van der Waals surface area (Å²) in [7, 11) is 0. The number of pyridine rings is 1. The van der Waals surface area contributed by atoms with Gasteiger partial charge in [0.2, 0.25) is 0 Å². The third-order valence-corrected chi connectivity index (χ3v) is 5.14. The molecule has 0 amide bonds. The Balaban J connectivity index is 1.54. The van der Waals surface area contributed by atoms with Crippen LogP contribution in [0, 0.1) is 12.7 Å². The molecule has 1 aliphatic heterocycles. The van der Waals surface area contributed by atoms with Crippen molar-refractivity contribution in [1.82, 2.24) is 14.8 Å². The van der Waals surface area contributed by atoms with E-state index in [0.29, 0.717) is 12.6 Å². The number of aryl methyl sites for hydroxylation is 1. The zero-order chi connectivity index (χ0) is 17.8. The monoisotopic (exact) mass is 343 g/mol. The van der Waals surface area contributed by atoms with E-state index >= 15 is 0 Å². The molecule has 0 bridgehead atoms. The van der Waals surface area contributed by atoms with E-state index in [0.717, 1.165) is 37.3 Å². The Kier molecular flexibility index (Phi) is 5.78. The van der Waals surface area contributed by atoms with Crippen molar-refractivity contribution < 1.29 is 9.50 Å². The molecule has 1 fully saturated rings. The fraction of sp³-hybridized carbons (Fsp3) is 0.450. The topological polar surface area (TPSA) is 39.6 Å². The van der Waals surface area contributed by atoms with Crippen LogP contribution in [0.3, 0.4) is 0 Å². The van der Waals surface area contributed by atoms with Gasteiger partial charge in [0, 0.05) is 51.2 Å². The number of halogens is 1. The molecule has 134 valence electrons. The predicted molar refractivity (Wildman–Crippen MR) is 96.8 cm³/mol. The Bertz CT molecular complexity index is 687. The first-order valence-corrected chi connectivity index (χ1v) is 8.85. The molecule has 1 saturated heterocycles. The second-order valence-electron chi connectivity index (χ2n) is 6.82. The molecule has 2 heterocycles. The lowest BCUT2D eigenvalue weighted by Gasteiger charge is -2.38. The van der Waals surface area contributed by atoms with Crippen molar-refractivity contribution in [2.75, 3.05) is 32.7 Å². The Morgan fingerprint density at radius 3 is 2.60 bits per heavy atom. The smallest absolute Gasteiger partial charge is 0.123 e. The fourth-order valence-corrected chi connectivity index (χ4v) is 3.52. The molecule has 1 N–H and O–H groups in total. The lowest BCUT2D eigenvalue weighted by atomic mass is 10.0. The van der Waals surface area contributed by atoms with E-state index in [-0.39, 0.29) is 5.82 Å². The number of hydrogen-bond donors (Lipinski definition) is 1. The van der Waals surface area contributed by atoms with Crippen LogP contribution < -0.4 is 0 Å². The molecule has 5 heteroatoms. The highest BCUT2D eigenvalue weighted by Crippen LogP contribution is 2.23. The van der Waals surface area contributed by atoms with Crippen molar-refractivity contribution in [3.63, 3.8) is 0 Å². The van der Waals surface area contributed by atoms with E-state index in [4.69, 9.17) is 0 Å². The van der Waals surface area contributed by atoms with Crippen LogP contribution in [0.5, 0.6) is 0 Å². The van der Waals surface area contributed by atoms with Crippen molar-refractivity contribution in [3.05, 3.63) is 65.2 Å². The van der Waals surface area contributed by atoms with Crippen LogP contribution in [-0.2, 0) is 0 Å². The lowest BCUT2D eigenvalue weighted by molar-refractivity contribution is 0.0586. The molecule has 1 aromatic heterocycles. The summed E-state index contributed by atoms with van der Waals surface area (Å²) in [4.78, 5) is 8.93. The number of aliphatic hydroxyl groups is 1. The fourth-order valence-electron chi connectivity index (χ4n) is 3.52. The highest BCUT2D eigenvalue weighted by molar-refractivity contribution is 5.28. The van der Waals surface area contributed by atoms with Crippen molar-refractivity contribution >= 4 is 0 Å². The molecule has 0 spiro atoms. The van der Waals surface area contributed by atoms with Crippen molar-refractivity contribution in [2.24, 2.45) is 0 Å². The molecule has 0 aliphatic carbocycles. The third kappa shape index (κ3) is 4.42. The molecule has 4 nitrogen and oxygen atoms in total. The van der Waals surface area contributed by atoms with Gasteiger partial charge in [-0.2, -0.15) is 0 Å². The summed E-state index contributed by atoms with van der Waals surface area (Å²) in [6.07, 6.45) is 3.15. The maximum atomic E-state index is 13.2. The second kappa shape index (κ2) is 8.04. The van der Waals surface area contributed by atoms with E-state index in [1.165, 1.54) is 17.7 Å². The van der Waals surface area contributed by atoms with Gasteiger partial charge >= 0.3 is 0 Å². The number of aromatic nitrogens is 1. The van der Waals surface area contributed by atoms with Crippen LogP contribution in [0.1, 0.15) is 35.8 Å². The molecule has 1 aromatic carbocycles. The number of hydrogen-bond acceptors (Lipinski definition) is 4. The summed E-state index contributed by atoms with van der Waals surface area (Å²) in [5.74, 6) is -0.258. The number of β-amino-alcohol motifs (C(OH)–C–C–N with tert-alkyl or cyclic N) is 1. The zero-order valence-electron chi connectivity index (χ0n) is 14.9. The van der Waals surface area contributed by atoms with Gasteiger partial charge in [-0.1, -0.05) is 12.1 Å². The van der Waals surface area contributed by atoms with Crippen molar-refractivity contribution in [2.45, 2.75) is 26.0 Å². The van der Waals surface area contributed by atoms with Gasteiger partial charge < -0.3 is 5.11 Å². The standard InChI is InChI=1S/C20H26FN3O/c1-15-12-18(21)5-6-19(15)20(25)14-23-8-10-24(11-9-23)16(2)17-4-3-7-22-13-17/h3-7,12-13,16,20,25H,8-11,14H2,1-2H3. The van der Waals surface area contributed by atoms with Crippen LogP contribution in [0.4, 0.5) is 4.39 Å². The number of piperazine rings is 1. The third-order valence-electron chi connectivity index (χ3n) is 5.14. The minimum atomic E-state index is -0.581. The number of rotatable bonds is 5. The minimum absolute atomic E-state index is 0.258. The lowest BCUT2D eigenvalue weighted by Crippen LogP contribution is -2.48. The van der Waals surface area contributed by atoms with Gasteiger partial charge in [-0.25, -0.2) is 4.39 Å². The Hall–Kier alpha value is -1.82. The molecular formula is C20H26FN3O. The van der Waals surface area contributed by atoms with Crippen LogP contribution in [0.15, 0.2) is 42.7 Å². The molecule has 2 atom stereocenters. The molecule has 3 rings (SSSR count). The van der Waals surface area contributed by atoms with Gasteiger partial charge in [0.25, 0.3) is 0 Å². The second-order valence-corrected chi connectivity index (χ2v) is 6.82. The highest BCUT2D eigenvalue weighted by atomic mass is 19.1. The summed E-state index contributed by atoms with van der Waals surface area (Å²) >= 11 is 0. The molecule has 25 heavy (non-hydrogen) atoms. The predicted octanol–water partition coefficient (Wildman–Crippen LogP) is 2.94. The molecule has 2 aromatic rings. The SMILES string of the molecule is Cc1cc(F)ccc1C(O)CN1CCN(C(C)c2cccnc2)CC1. The Labute approximate surface area is 148 Å². The van der Waals surface area contributed by atoms with Gasteiger partial charge in [-0.15, -0.1) is 0 Å².